The molecule has 0 aliphatic carbocycles. The molecule has 0 bridgehead atoms. The molecule has 0 aliphatic rings. The summed E-state index contributed by atoms with van der Waals surface area (Å²) in [5.41, 5.74) is 0.306. The van der Waals surface area contributed by atoms with E-state index in [0.29, 0.717) is 12.1 Å². The Hall–Kier alpha value is -2.55. The minimum absolute atomic E-state index is 0.0870. The number of carboxylic acids is 1. The number of rotatable bonds is 4. The number of amides is 2. The van der Waals surface area contributed by atoms with E-state index in [0.717, 1.165) is 0 Å². The van der Waals surface area contributed by atoms with Crippen molar-refractivity contribution in [1.29, 1.82) is 0 Å². The first-order valence-corrected chi connectivity index (χ1v) is 5.29. The first-order valence-electron chi connectivity index (χ1n) is 5.29. The van der Waals surface area contributed by atoms with Crippen molar-refractivity contribution in [3.05, 3.63) is 24.0 Å². The third-order valence-corrected chi connectivity index (χ3v) is 2.16. The molecule has 1 rings (SSSR count). The Morgan fingerprint density at radius 2 is 2.28 bits per heavy atom. The van der Waals surface area contributed by atoms with Gasteiger partial charge in [-0.05, 0) is 18.6 Å². The normalized spacial score (nSPS) is 11.1. The van der Waals surface area contributed by atoms with Crippen molar-refractivity contribution in [3.63, 3.8) is 0 Å². The van der Waals surface area contributed by atoms with Crippen LogP contribution in [0.25, 0.3) is 0 Å². The van der Waals surface area contributed by atoms with Crippen LogP contribution in [-0.4, -0.2) is 28.1 Å². The number of nitrogens with zero attached hydrogens (tertiary/aromatic N) is 1. The molecule has 6 heteroatoms. The van der Waals surface area contributed by atoms with Crippen LogP contribution in [0.2, 0.25) is 0 Å². The van der Waals surface area contributed by atoms with Crippen molar-refractivity contribution >= 4 is 17.7 Å². The Balaban J connectivity index is 2.60. The summed E-state index contributed by atoms with van der Waals surface area (Å²) in [6.45, 7) is 1.86. The molecule has 1 unspecified atom stereocenters. The molecule has 1 aromatic rings. The molecule has 0 spiro atoms. The quantitative estimate of drug-likeness (QED) is 0.699. The second kappa shape index (κ2) is 6.25. The van der Waals surface area contributed by atoms with E-state index in [-0.39, 0.29) is 11.7 Å². The zero-order valence-electron chi connectivity index (χ0n) is 9.80. The average molecular weight is 247 g/mol. The molecule has 0 aliphatic heterocycles. The first kappa shape index (κ1) is 13.5. The number of pyridine rings is 1. The molecule has 0 fully saturated rings. The van der Waals surface area contributed by atoms with Gasteiger partial charge in [-0.15, -0.1) is 6.42 Å². The molecule has 94 valence electrons. The molecule has 1 atom stereocenters. The van der Waals surface area contributed by atoms with Crippen molar-refractivity contribution in [1.82, 2.24) is 10.3 Å². The van der Waals surface area contributed by atoms with Gasteiger partial charge in [0.15, 0.2) is 0 Å². The van der Waals surface area contributed by atoms with Gasteiger partial charge in [-0.1, -0.05) is 12.8 Å². The number of nitrogens with one attached hydrogen (secondary N) is 2. The molecule has 1 heterocycles. The van der Waals surface area contributed by atoms with Gasteiger partial charge >= 0.3 is 12.0 Å². The van der Waals surface area contributed by atoms with Crippen LogP contribution >= 0.6 is 0 Å². The van der Waals surface area contributed by atoms with E-state index in [1.165, 1.54) is 18.3 Å². The minimum Gasteiger partial charge on any atom is -0.477 e. The van der Waals surface area contributed by atoms with Crippen LogP contribution in [0.1, 0.15) is 23.8 Å². The third-order valence-electron chi connectivity index (χ3n) is 2.16. The van der Waals surface area contributed by atoms with Gasteiger partial charge in [-0.3, -0.25) is 0 Å². The monoisotopic (exact) mass is 247 g/mol. The lowest BCUT2D eigenvalue weighted by Crippen LogP contribution is -2.36. The number of hydrogen-bond acceptors (Lipinski definition) is 3. The zero-order valence-corrected chi connectivity index (χ0v) is 9.80. The van der Waals surface area contributed by atoms with Gasteiger partial charge in [0.1, 0.15) is 5.69 Å². The third kappa shape index (κ3) is 3.79. The maximum atomic E-state index is 11.5. The first-order chi connectivity index (χ1) is 8.56. The Kier molecular flexibility index (Phi) is 4.69. The van der Waals surface area contributed by atoms with Crippen molar-refractivity contribution in [2.24, 2.45) is 0 Å². The Labute approximate surface area is 104 Å². The molecule has 18 heavy (non-hydrogen) atoms. The predicted octanol–water partition coefficient (Wildman–Crippen LogP) is 1.31. The van der Waals surface area contributed by atoms with Crippen molar-refractivity contribution in [3.8, 4) is 12.3 Å². The SMILES string of the molecule is C#CC(CC)NC(=O)Nc1ccc(C(=O)O)nc1. The number of urea groups is 1. The van der Waals surface area contributed by atoms with Crippen LogP contribution in [-0.2, 0) is 0 Å². The fourth-order valence-corrected chi connectivity index (χ4v) is 1.18. The number of terminal acetylenes is 1. The smallest absolute Gasteiger partial charge is 0.354 e. The Morgan fingerprint density at radius 1 is 1.56 bits per heavy atom. The molecule has 0 aromatic carbocycles. The molecular weight excluding hydrogens is 234 g/mol. The number of aromatic nitrogens is 1. The topological polar surface area (TPSA) is 91.3 Å². The summed E-state index contributed by atoms with van der Waals surface area (Å²) in [6.07, 6.45) is 7.10. The van der Waals surface area contributed by atoms with Gasteiger partial charge in [0.2, 0.25) is 0 Å². The number of carbonyl (C=O) groups excluding carboxylic acids is 1. The highest BCUT2D eigenvalue weighted by molar-refractivity contribution is 5.90. The van der Waals surface area contributed by atoms with Crippen LogP contribution in [0.4, 0.5) is 10.5 Å². The number of aromatic carboxylic acids is 1. The van der Waals surface area contributed by atoms with Gasteiger partial charge in [0.25, 0.3) is 0 Å². The molecule has 1 aromatic heterocycles. The lowest BCUT2D eigenvalue weighted by Gasteiger charge is -2.11. The number of anilines is 1. The van der Waals surface area contributed by atoms with E-state index in [9.17, 15) is 9.59 Å². The predicted molar refractivity (Wildman–Crippen MR) is 66.3 cm³/mol. The second-order valence-electron chi connectivity index (χ2n) is 3.46. The summed E-state index contributed by atoms with van der Waals surface area (Å²) in [5.74, 6) is 1.31. The number of hydrogen-bond donors (Lipinski definition) is 3. The summed E-state index contributed by atoms with van der Waals surface area (Å²) < 4.78 is 0. The maximum absolute atomic E-state index is 11.5. The molecule has 0 saturated carbocycles. The van der Waals surface area contributed by atoms with Gasteiger partial charge in [-0.2, -0.15) is 0 Å². The molecule has 0 saturated heterocycles. The van der Waals surface area contributed by atoms with E-state index in [2.05, 4.69) is 21.5 Å². The second-order valence-corrected chi connectivity index (χ2v) is 3.46. The lowest BCUT2D eigenvalue weighted by molar-refractivity contribution is 0.0690. The Bertz CT molecular complexity index is 476. The lowest BCUT2D eigenvalue weighted by atomic mass is 10.2. The van der Waals surface area contributed by atoms with Crippen LogP contribution in [0.15, 0.2) is 18.3 Å². The summed E-state index contributed by atoms with van der Waals surface area (Å²) in [7, 11) is 0. The van der Waals surface area contributed by atoms with E-state index in [1.807, 2.05) is 6.92 Å². The van der Waals surface area contributed by atoms with Crippen molar-refractivity contribution in [2.45, 2.75) is 19.4 Å². The largest absolute Gasteiger partial charge is 0.477 e. The van der Waals surface area contributed by atoms with Crippen LogP contribution in [0.5, 0.6) is 0 Å². The highest BCUT2D eigenvalue weighted by Crippen LogP contribution is 2.06. The summed E-state index contributed by atoms with van der Waals surface area (Å²) in [6, 6.07) is 1.96. The standard InChI is InChI=1S/C12H13N3O3/c1-3-8(4-2)14-12(18)15-9-5-6-10(11(16)17)13-7-9/h1,5-8H,4H2,2H3,(H,16,17)(H2,14,15,18). The van der Waals surface area contributed by atoms with Crippen LogP contribution in [0.3, 0.4) is 0 Å². The highest BCUT2D eigenvalue weighted by atomic mass is 16.4. The summed E-state index contributed by atoms with van der Waals surface area (Å²) in [4.78, 5) is 25.7. The minimum atomic E-state index is -1.12. The van der Waals surface area contributed by atoms with Crippen molar-refractivity contribution < 1.29 is 14.7 Å². The fraction of sp³-hybridized carbons (Fsp3) is 0.250. The Morgan fingerprint density at radius 3 is 2.72 bits per heavy atom. The van der Waals surface area contributed by atoms with E-state index in [4.69, 9.17) is 11.5 Å². The summed E-state index contributed by atoms with van der Waals surface area (Å²) in [5, 5.41) is 13.7. The van der Waals surface area contributed by atoms with Crippen LogP contribution in [0, 0.1) is 12.3 Å². The molecule has 2 amide bonds. The van der Waals surface area contributed by atoms with E-state index >= 15 is 0 Å². The zero-order chi connectivity index (χ0) is 13.5. The average Bonchev–Trinajstić information content (AvgIpc) is 2.36. The molecule has 3 N–H and O–H groups in total. The number of carboxylic acid groups (broad SMARTS) is 1. The van der Waals surface area contributed by atoms with Crippen molar-refractivity contribution in [2.75, 3.05) is 5.32 Å². The van der Waals surface area contributed by atoms with Crippen LogP contribution < -0.4 is 10.6 Å². The molecule has 6 nitrogen and oxygen atoms in total. The molecule has 0 radical (unpaired) electrons. The van der Waals surface area contributed by atoms with Gasteiger partial charge in [0.05, 0.1) is 17.9 Å². The van der Waals surface area contributed by atoms with Gasteiger partial charge in [0, 0.05) is 0 Å². The van der Waals surface area contributed by atoms with E-state index < -0.39 is 12.0 Å². The molecular formula is C12H13N3O3. The summed E-state index contributed by atoms with van der Waals surface area (Å²) >= 11 is 0. The van der Waals surface area contributed by atoms with Gasteiger partial charge < -0.3 is 15.7 Å². The fourth-order valence-electron chi connectivity index (χ4n) is 1.18. The van der Waals surface area contributed by atoms with Gasteiger partial charge in [-0.25, -0.2) is 14.6 Å². The number of carbonyl (C=O) groups is 2. The van der Waals surface area contributed by atoms with E-state index in [1.54, 1.807) is 0 Å². The highest BCUT2D eigenvalue weighted by Gasteiger charge is 2.08. The maximum Gasteiger partial charge on any atom is 0.354 e.